The minimum Gasteiger partial charge on any atom is -0.492 e. The minimum atomic E-state index is -0.0264. The average molecular weight is 280 g/mol. The largest absolute Gasteiger partial charge is 0.492 e. The first-order chi connectivity index (χ1) is 9.45. The summed E-state index contributed by atoms with van der Waals surface area (Å²) < 4.78 is 5.70. The summed E-state index contributed by atoms with van der Waals surface area (Å²) in [5.41, 5.74) is 5.89. The standard InChI is InChI=1S/C14H24N4O2/c1-10(2)18(11(3)4)7-8-20-12-5-6-16-13(9-12)14(15)17-19/h5-6,9-11,19H,7-8H2,1-4H3,(H2,15,17). The van der Waals surface area contributed by atoms with Crippen LogP contribution in [-0.2, 0) is 0 Å². The summed E-state index contributed by atoms with van der Waals surface area (Å²) in [5.74, 6) is 0.635. The van der Waals surface area contributed by atoms with Crippen LogP contribution in [0.15, 0.2) is 23.5 Å². The van der Waals surface area contributed by atoms with Crippen molar-refractivity contribution in [2.24, 2.45) is 10.9 Å². The fraction of sp³-hybridized carbons (Fsp3) is 0.571. The molecule has 0 amide bonds. The monoisotopic (exact) mass is 280 g/mol. The quantitative estimate of drug-likeness (QED) is 0.343. The summed E-state index contributed by atoms with van der Waals surface area (Å²) in [6, 6.07) is 4.36. The van der Waals surface area contributed by atoms with Crippen LogP contribution in [0, 0.1) is 0 Å². The first-order valence-corrected chi connectivity index (χ1v) is 6.78. The number of hydrogen-bond acceptors (Lipinski definition) is 5. The molecule has 0 saturated carbocycles. The fourth-order valence-electron chi connectivity index (χ4n) is 2.07. The predicted octanol–water partition coefficient (Wildman–Crippen LogP) is 1.67. The van der Waals surface area contributed by atoms with E-state index in [1.165, 1.54) is 0 Å². The van der Waals surface area contributed by atoms with E-state index in [0.29, 0.717) is 30.1 Å². The average Bonchev–Trinajstić information content (AvgIpc) is 2.42. The Morgan fingerprint density at radius 3 is 2.60 bits per heavy atom. The number of aromatic nitrogens is 1. The van der Waals surface area contributed by atoms with Crippen LogP contribution in [0.3, 0.4) is 0 Å². The molecule has 0 aliphatic heterocycles. The van der Waals surface area contributed by atoms with Gasteiger partial charge in [-0.05, 0) is 33.8 Å². The number of ether oxygens (including phenoxy) is 1. The number of rotatable bonds is 7. The molecular weight excluding hydrogens is 256 g/mol. The molecule has 0 saturated heterocycles. The van der Waals surface area contributed by atoms with Crippen molar-refractivity contribution in [3.63, 3.8) is 0 Å². The van der Waals surface area contributed by atoms with E-state index in [1.807, 2.05) is 0 Å². The first kappa shape index (κ1) is 16.2. The topological polar surface area (TPSA) is 84.0 Å². The highest BCUT2D eigenvalue weighted by atomic mass is 16.5. The molecule has 20 heavy (non-hydrogen) atoms. The minimum absolute atomic E-state index is 0.0264. The number of amidine groups is 1. The molecule has 0 aliphatic rings. The third kappa shape index (κ3) is 4.70. The number of pyridine rings is 1. The van der Waals surface area contributed by atoms with Crippen LogP contribution >= 0.6 is 0 Å². The van der Waals surface area contributed by atoms with Gasteiger partial charge in [0.25, 0.3) is 0 Å². The van der Waals surface area contributed by atoms with Crippen LogP contribution in [0.5, 0.6) is 5.75 Å². The smallest absolute Gasteiger partial charge is 0.188 e. The van der Waals surface area contributed by atoms with Crippen LogP contribution in [0.2, 0.25) is 0 Å². The van der Waals surface area contributed by atoms with Crippen molar-refractivity contribution in [1.82, 2.24) is 9.88 Å². The summed E-state index contributed by atoms with van der Waals surface area (Å²) in [5, 5.41) is 11.5. The van der Waals surface area contributed by atoms with Crippen molar-refractivity contribution < 1.29 is 9.94 Å². The maximum Gasteiger partial charge on any atom is 0.188 e. The van der Waals surface area contributed by atoms with Gasteiger partial charge in [-0.1, -0.05) is 5.16 Å². The zero-order chi connectivity index (χ0) is 15.1. The van der Waals surface area contributed by atoms with Gasteiger partial charge in [0.15, 0.2) is 5.84 Å². The highest BCUT2D eigenvalue weighted by Gasteiger charge is 2.13. The lowest BCUT2D eigenvalue weighted by atomic mass is 10.2. The Labute approximate surface area is 120 Å². The van der Waals surface area contributed by atoms with Gasteiger partial charge in [0.1, 0.15) is 18.1 Å². The SMILES string of the molecule is CC(C)N(CCOc1ccnc(/C(N)=N/O)c1)C(C)C. The van der Waals surface area contributed by atoms with Gasteiger partial charge in [-0.25, -0.2) is 0 Å². The van der Waals surface area contributed by atoms with Gasteiger partial charge in [-0.15, -0.1) is 0 Å². The molecule has 0 unspecified atom stereocenters. The summed E-state index contributed by atoms with van der Waals surface area (Å²) in [6.45, 7) is 10.1. The van der Waals surface area contributed by atoms with Crippen molar-refractivity contribution in [2.45, 2.75) is 39.8 Å². The van der Waals surface area contributed by atoms with Crippen molar-refractivity contribution in [3.05, 3.63) is 24.0 Å². The lowest BCUT2D eigenvalue weighted by molar-refractivity contribution is 0.142. The number of oxime groups is 1. The molecule has 6 heteroatoms. The fourth-order valence-corrected chi connectivity index (χ4v) is 2.07. The van der Waals surface area contributed by atoms with Gasteiger partial charge < -0.3 is 15.7 Å². The molecule has 0 spiro atoms. The van der Waals surface area contributed by atoms with E-state index in [0.717, 1.165) is 6.54 Å². The number of hydrogen-bond donors (Lipinski definition) is 2. The Hall–Kier alpha value is -1.82. The van der Waals surface area contributed by atoms with Gasteiger partial charge in [-0.2, -0.15) is 0 Å². The highest BCUT2D eigenvalue weighted by Crippen LogP contribution is 2.11. The molecule has 112 valence electrons. The third-order valence-corrected chi connectivity index (χ3v) is 3.05. The van der Waals surface area contributed by atoms with Crippen LogP contribution in [0.1, 0.15) is 33.4 Å². The molecule has 1 aromatic heterocycles. The zero-order valence-corrected chi connectivity index (χ0v) is 12.6. The summed E-state index contributed by atoms with van der Waals surface area (Å²) in [7, 11) is 0. The Morgan fingerprint density at radius 2 is 2.05 bits per heavy atom. The van der Waals surface area contributed by atoms with E-state index in [1.54, 1.807) is 18.3 Å². The maximum absolute atomic E-state index is 8.63. The van der Waals surface area contributed by atoms with Crippen LogP contribution < -0.4 is 10.5 Å². The molecule has 1 heterocycles. The molecule has 0 atom stereocenters. The van der Waals surface area contributed by atoms with E-state index in [2.05, 4.69) is 42.7 Å². The van der Waals surface area contributed by atoms with Crippen LogP contribution in [-0.4, -0.2) is 46.2 Å². The Morgan fingerprint density at radius 1 is 1.40 bits per heavy atom. The second-order valence-electron chi connectivity index (χ2n) is 5.14. The third-order valence-electron chi connectivity index (χ3n) is 3.05. The summed E-state index contributed by atoms with van der Waals surface area (Å²) in [4.78, 5) is 6.36. The van der Waals surface area contributed by atoms with Gasteiger partial charge in [-0.3, -0.25) is 9.88 Å². The molecule has 0 aromatic carbocycles. The molecule has 0 aliphatic carbocycles. The molecule has 0 bridgehead atoms. The van der Waals surface area contributed by atoms with Crippen molar-refractivity contribution in [1.29, 1.82) is 0 Å². The molecule has 0 fully saturated rings. The second kappa shape index (κ2) is 7.69. The Balaban J connectivity index is 2.58. The molecule has 1 rings (SSSR count). The van der Waals surface area contributed by atoms with E-state index >= 15 is 0 Å². The Kier molecular flexibility index (Phi) is 6.24. The van der Waals surface area contributed by atoms with Crippen molar-refractivity contribution in [2.75, 3.05) is 13.2 Å². The zero-order valence-electron chi connectivity index (χ0n) is 12.6. The van der Waals surface area contributed by atoms with Gasteiger partial charge in [0.05, 0.1) is 0 Å². The maximum atomic E-state index is 8.63. The Bertz CT molecular complexity index is 439. The normalized spacial score (nSPS) is 12.4. The lowest BCUT2D eigenvalue weighted by Crippen LogP contribution is -2.39. The van der Waals surface area contributed by atoms with Gasteiger partial charge in [0, 0.05) is 30.9 Å². The van der Waals surface area contributed by atoms with Crippen LogP contribution in [0.4, 0.5) is 0 Å². The van der Waals surface area contributed by atoms with Crippen LogP contribution in [0.25, 0.3) is 0 Å². The predicted molar refractivity (Wildman–Crippen MR) is 79.2 cm³/mol. The summed E-state index contributed by atoms with van der Waals surface area (Å²) in [6.07, 6.45) is 1.57. The van der Waals surface area contributed by atoms with E-state index < -0.39 is 0 Å². The van der Waals surface area contributed by atoms with E-state index in [4.69, 9.17) is 15.7 Å². The van der Waals surface area contributed by atoms with Gasteiger partial charge in [0.2, 0.25) is 0 Å². The number of nitrogens with two attached hydrogens (primary N) is 1. The first-order valence-electron chi connectivity index (χ1n) is 6.78. The van der Waals surface area contributed by atoms with Gasteiger partial charge >= 0.3 is 0 Å². The second-order valence-corrected chi connectivity index (χ2v) is 5.14. The van der Waals surface area contributed by atoms with Crippen molar-refractivity contribution >= 4 is 5.84 Å². The summed E-state index contributed by atoms with van der Waals surface area (Å²) >= 11 is 0. The number of nitrogens with zero attached hydrogens (tertiary/aromatic N) is 3. The van der Waals surface area contributed by atoms with E-state index in [-0.39, 0.29) is 5.84 Å². The van der Waals surface area contributed by atoms with Crippen molar-refractivity contribution in [3.8, 4) is 5.75 Å². The lowest BCUT2D eigenvalue weighted by Gasteiger charge is -2.30. The molecule has 0 radical (unpaired) electrons. The molecule has 3 N–H and O–H groups in total. The highest BCUT2D eigenvalue weighted by molar-refractivity contribution is 5.95. The molecule has 1 aromatic rings. The van der Waals surface area contributed by atoms with E-state index in [9.17, 15) is 0 Å². The molecule has 6 nitrogen and oxygen atoms in total. The molecular formula is C14H24N4O2.